The van der Waals surface area contributed by atoms with Crippen molar-refractivity contribution in [1.82, 2.24) is 5.32 Å². The van der Waals surface area contributed by atoms with Gasteiger partial charge in [0, 0.05) is 6.54 Å². The SMILES string of the molecule is CCCCOC(=O)CNCc1ccc(CC)cc1. The molecule has 0 spiro atoms. The lowest BCUT2D eigenvalue weighted by Gasteiger charge is -2.06. The van der Waals surface area contributed by atoms with Crippen LogP contribution in [0.2, 0.25) is 0 Å². The van der Waals surface area contributed by atoms with E-state index in [-0.39, 0.29) is 12.5 Å². The molecule has 3 nitrogen and oxygen atoms in total. The van der Waals surface area contributed by atoms with Gasteiger partial charge in [0.05, 0.1) is 13.2 Å². The number of nitrogens with one attached hydrogen (secondary N) is 1. The molecule has 18 heavy (non-hydrogen) atoms. The molecule has 0 saturated heterocycles. The van der Waals surface area contributed by atoms with E-state index in [1.54, 1.807) is 0 Å². The summed E-state index contributed by atoms with van der Waals surface area (Å²) in [5, 5.41) is 3.09. The monoisotopic (exact) mass is 249 g/mol. The summed E-state index contributed by atoms with van der Waals surface area (Å²) in [6.45, 7) is 5.72. The molecular weight excluding hydrogens is 226 g/mol. The predicted molar refractivity (Wildman–Crippen MR) is 73.4 cm³/mol. The maximum Gasteiger partial charge on any atom is 0.319 e. The van der Waals surface area contributed by atoms with Gasteiger partial charge >= 0.3 is 5.97 Å². The van der Waals surface area contributed by atoms with Gasteiger partial charge in [0.15, 0.2) is 0 Å². The minimum Gasteiger partial charge on any atom is -0.465 e. The van der Waals surface area contributed by atoms with Gasteiger partial charge in [-0.1, -0.05) is 44.5 Å². The number of aryl methyl sites for hydroxylation is 1. The Bertz CT molecular complexity index is 346. The van der Waals surface area contributed by atoms with Crippen molar-refractivity contribution in [3.63, 3.8) is 0 Å². The average molecular weight is 249 g/mol. The summed E-state index contributed by atoms with van der Waals surface area (Å²) in [6.07, 6.45) is 3.03. The Morgan fingerprint density at radius 1 is 1.17 bits per heavy atom. The Hall–Kier alpha value is -1.35. The van der Waals surface area contributed by atoms with Gasteiger partial charge in [-0.2, -0.15) is 0 Å². The Balaban J connectivity index is 2.18. The summed E-state index contributed by atoms with van der Waals surface area (Å²) < 4.78 is 5.06. The summed E-state index contributed by atoms with van der Waals surface area (Å²) in [5.41, 5.74) is 2.52. The molecule has 0 saturated carbocycles. The Kier molecular flexibility index (Phi) is 7.11. The van der Waals surface area contributed by atoms with Crippen LogP contribution in [-0.4, -0.2) is 19.1 Å². The number of esters is 1. The highest BCUT2D eigenvalue weighted by Crippen LogP contribution is 2.04. The van der Waals surface area contributed by atoms with E-state index < -0.39 is 0 Å². The molecule has 0 heterocycles. The van der Waals surface area contributed by atoms with E-state index in [9.17, 15) is 4.79 Å². The van der Waals surface area contributed by atoms with Crippen LogP contribution in [0.5, 0.6) is 0 Å². The summed E-state index contributed by atoms with van der Waals surface area (Å²) in [7, 11) is 0. The van der Waals surface area contributed by atoms with Gasteiger partial charge in [-0.3, -0.25) is 4.79 Å². The van der Waals surface area contributed by atoms with Crippen LogP contribution in [0.4, 0.5) is 0 Å². The van der Waals surface area contributed by atoms with Gasteiger partial charge in [0.2, 0.25) is 0 Å². The van der Waals surface area contributed by atoms with Crippen LogP contribution in [0.1, 0.15) is 37.8 Å². The van der Waals surface area contributed by atoms with Crippen LogP contribution in [0, 0.1) is 0 Å². The molecule has 1 rings (SSSR count). The summed E-state index contributed by atoms with van der Waals surface area (Å²) in [6, 6.07) is 8.43. The lowest BCUT2D eigenvalue weighted by atomic mass is 10.1. The molecule has 100 valence electrons. The van der Waals surface area contributed by atoms with Crippen molar-refractivity contribution in [1.29, 1.82) is 0 Å². The van der Waals surface area contributed by atoms with Crippen molar-refractivity contribution in [2.45, 2.75) is 39.7 Å². The number of hydrogen-bond acceptors (Lipinski definition) is 3. The zero-order chi connectivity index (χ0) is 13.2. The van der Waals surface area contributed by atoms with Crippen LogP contribution in [0.3, 0.4) is 0 Å². The number of rotatable bonds is 8. The second kappa shape index (κ2) is 8.70. The average Bonchev–Trinajstić information content (AvgIpc) is 2.40. The normalized spacial score (nSPS) is 10.3. The first-order valence-electron chi connectivity index (χ1n) is 6.70. The quantitative estimate of drug-likeness (QED) is 0.568. The third-order valence-electron chi connectivity index (χ3n) is 2.79. The van der Waals surface area contributed by atoms with Gasteiger partial charge in [-0.05, 0) is 24.0 Å². The molecule has 1 aromatic rings. The fourth-order valence-corrected chi connectivity index (χ4v) is 1.58. The van der Waals surface area contributed by atoms with Crippen molar-refractivity contribution in [3.8, 4) is 0 Å². The predicted octanol–water partition coefficient (Wildman–Crippen LogP) is 2.68. The highest BCUT2D eigenvalue weighted by Gasteiger charge is 2.01. The van der Waals surface area contributed by atoms with Crippen molar-refractivity contribution in [3.05, 3.63) is 35.4 Å². The van der Waals surface area contributed by atoms with Crippen LogP contribution in [-0.2, 0) is 22.5 Å². The fourth-order valence-electron chi connectivity index (χ4n) is 1.58. The third-order valence-corrected chi connectivity index (χ3v) is 2.79. The van der Waals surface area contributed by atoms with Crippen LogP contribution in [0.15, 0.2) is 24.3 Å². The van der Waals surface area contributed by atoms with Gasteiger partial charge in [0.25, 0.3) is 0 Å². The Morgan fingerprint density at radius 3 is 2.44 bits per heavy atom. The first-order chi connectivity index (χ1) is 8.76. The molecule has 1 N–H and O–H groups in total. The number of ether oxygens (including phenoxy) is 1. The van der Waals surface area contributed by atoms with E-state index >= 15 is 0 Å². The standard InChI is InChI=1S/C15H23NO2/c1-3-5-10-18-15(17)12-16-11-14-8-6-13(4-2)7-9-14/h6-9,16H,3-5,10-12H2,1-2H3. The van der Waals surface area contributed by atoms with Gasteiger partial charge < -0.3 is 10.1 Å². The number of carbonyl (C=O) groups is 1. The molecule has 0 bridgehead atoms. The van der Waals surface area contributed by atoms with E-state index in [0.717, 1.165) is 19.3 Å². The zero-order valence-electron chi connectivity index (χ0n) is 11.4. The summed E-state index contributed by atoms with van der Waals surface area (Å²) in [4.78, 5) is 11.3. The molecule has 0 aromatic heterocycles. The van der Waals surface area contributed by atoms with Crippen molar-refractivity contribution in [2.75, 3.05) is 13.2 Å². The number of hydrogen-bond donors (Lipinski definition) is 1. The summed E-state index contributed by atoms with van der Waals surface area (Å²) >= 11 is 0. The minimum atomic E-state index is -0.173. The van der Waals surface area contributed by atoms with Gasteiger partial charge in [0.1, 0.15) is 0 Å². The molecular formula is C15H23NO2. The Morgan fingerprint density at radius 2 is 1.83 bits per heavy atom. The molecule has 0 aliphatic carbocycles. The number of carbonyl (C=O) groups excluding carboxylic acids is 1. The van der Waals surface area contributed by atoms with Crippen molar-refractivity contribution < 1.29 is 9.53 Å². The second-order valence-electron chi connectivity index (χ2n) is 4.35. The van der Waals surface area contributed by atoms with E-state index in [1.807, 2.05) is 0 Å². The molecule has 1 aromatic carbocycles. The smallest absolute Gasteiger partial charge is 0.319 e. The van der Waals surface area contributed by atoms with E-state index in [1.165, 1.54) is 11.1 Å². The maximum atomic E-state index is 11.3. The highest BCUT2D eigenvalue weighted by atomic mass is 16.5. The highest BCUT2D eigenvalue weighted by molar-refractivity contribution is 5.71. The van der Waals surface area contributed by atoms with E-state index in [2.05, 4.69) is 43.4 Å². The van der Waals surface area contributed by atoms with Crippen LogP contribution in [0.25, 0.3) is 0 Å². The molecule has 0 aliphatic heterocycles. The van der Waals surface area contributed by atoms with Gasteiger partial charge in [-0.25, -0.2) is 0 Å². The van der Waals surface area contributed by atoms with E-state index in [4.69, 9.17) is 4.74 Å². The molecule has 0 radical (unpaired) electrons. The lowest BCUT2D eigenvalue weighted by Crippen LogP contribution is -2.24. The molecule has 3 heteroatoms. The minimum absolute atomic E-state index is 0.173. The second-order valence-corrected chi connectivity index (χ2v) is 4.35. The first kappa shape index (κ1) is 14.7. The first-order valence-corrected chi connectivity index (χ1v) is 6.70. The van der Waals surface area contributed by atoms with Crippen molar-refractivity contribution >= 4 is 5.97 Å². The van der Waals surface area contributed by atoms with E-state index in [0.29, 0.717) is 13.2 Å². The topological polar surface area (TPSA) is 38.3 Å². The Labute approximate surface area is 110 Å². The largest absolute Gasteiger partial charge is 0.465 e. The molecule has 0 amide bonds. The van der Waals surface area contributed by atoms with Gasteiger partial charge in [-0.15, -0.1) is 0 Å². The van der Waals surface area contributed by atoms with Crippen molar-refractivity contribution in [2.24, 2.45) is 0 Å². The molecule has 0 aliphatic rings. The molecule has 0 fully saturated rings. The number of unbranched alkanes of at least 4 members (excludes halogenated alkanes) is 1. The molecule has 0 unspecified atom stereocenters. The maximum absolute atomic E-state index is 11.3. The summed E-state index contributed by atoms with van der Waals surface area (Å²) in [5.74, 6) is -0.173. The molecule has 0 atom stereocenters. The van der Waals surface area contributed by atoms with Crippen LogP contribution >= 0.6 is 0 Å². The lowest BCUT2D eigenvalue weighted by molar-refractivity contribution is -0.142. The zero-order valence-corrected chi connectivity index (χ0v) is 11.4. The fraction of sp³-hybridized carbons (Fsp3) is 0.533. The number of benzene rings is 1. The third kappa shape index (κ3) is 5.82. The van der Waals surface area contributed by atoms with Crippen LogP contribution < -0.4 is 5.32 Å².